The Morgan fingerprint density at radius 3 is 2.07 bits per heavy atom. The van der Waals surface area contributed by atoms with Gasteiger partial charge in [0, 0.05) is 45.8 Å². The number of pyridine rings is 2. The summed E-state index contributed by atoms with van der Waals surface area (Å²) in [4.78, 5) is 10.3. The zero-order valence-electron chi connectivity index (χ0n) is 23.2. The standard InChI is InChI=1S/C36H27N7/c37-31-20-11-10-19-28(31)29-23-30-34-32(21-12-22-38-34)41(26-15-6-2-7-16-26)35(30)40-36(29)43-39-24-33(25-13-4-1-5-14-25)42(43)27-17-8-3-9-18-27/h1-24,39H,37H2. The number of nitrogens with zero attached hydrogens (tertiary/aromatic N) is 5. The molecule has 7 aromatic rings. The predicted octanol–water partition coefficient (Wildman–Crippen LogP) is 7.57. The van der Waals surface area contributed by atoms with Crippen molar-refractivity contribution < 1.29 is 0 Å². The second-order valence-corrected chi connectivity index (χ2v) is 10.3. The van der Waals surface area contributed by atoms with E-state index in [9.17, 15) is 0 Å². The maximum Gasteiger partial charge on any atom is 0.180 e. The first-order valence-electron chi connectivity index (χ1n) is 14.2. The highest BCUT2D eigenvalue weighted by molar-refractivity contribution is 6.08. The summed E-state index contributed by atoms with van der Waals surface area (Å²) in [6, 6.07) is 45.1. The van der Waals surface area contributed by atoms with Crippen LogP contribution in [0.4, 0.5) is 17.2 Å². The van der Waals surface area contributed by atoms with Crippen LogP contribution in [0.5, 0.6) is 0 Å². The molecule has 43 heavy (non-hydrogen) atoms. The highest BCUT2D eigenvalue weighted by Crippen LogP contribution is 2.42. The van der Waals surface area contributed by atoms with Gasteiger partial charge < -0.3 is 5.73 Å². The van der Waals surface area contributed by atoms with Gasteiger partial charge in [-0.2, -0.15) is 5.12 Å². The second kappa shape index (κ2) is 10.1. The van der Waals surface area contributed by atoms with Gasteiger partial charge in [-0.25, -0.2) is 9.99 Å². The Morgan fingerprint density at radius 1 is 0.651 bits per heavy atom. The lowest BCUT2D eigenvalue weighted by molar-refractivity contribution is 0.781. The summed E-state index contributed by atoms with van der Waals surface area (Å²) in [7, 11) is 0. The first kappa shape index (κ1) is 24.7. The molecule has 0 saturated heterocycles. The van der Waals surface area contributed by atoms with Crippen molar-refractivity contribution in [1.29, 1.82) is 0 Å². The molecule has 3 aromatic heterocycles. The Hall–Kier alpha value is -6.08. The topological polar surface area (TPSA) is 75.2 Å². The van der Waals surface area contributed by atoms with Gasteiger partial charge in [-0.15, -0.1) is 0 Å². The Labute approximate surface area is 248 Å². The second-order valence-electron chi connectivity index (χ2n) is 10.3. The predicted molar refractivity (Wildman–Crippen MR) is 175 cm³/mol. The van der Waals surface area contributed by atoms with Gasteiger partial charge in [0.25, 0.3) is 0 Å². The van der Waals surface area contributed by atoms with Crippen LogP contribution in [-0.2, 0) is 0 Å². The maximum atomic E-state index is 6.62. The summed E-state index contributed by atoms with van der Waals surface area (Å²) in [5.74, 6) is 0.705. The van der Waals surface area contributed by atoms with Crippen molar-refractivity contribution in [3.63, 3.8) is 0 Å². The Balaban J connectivity index is 1.43. The number of para-hydroxylation sites is 3. The van der Waals surface area contributed by atoms with Crippen LogP contribution in [0, 0.1) is 0 Å². The number of hydrogen-bond acceptors (Lipinski definition) is 6. The van der Waals surface area contributed by atoms with Gasteiger partial charge >= 0.3 is 0 Å². The van der Waals surface area contributed by atoms with Gasteiger partial charge in [-0.3, -0.25) is 15.0 Å². The lowest BCUT2D eigenvalue weighted by Gasteiger charge is -2.33. The molecule has 1 aliphatic rings. The smallest absolute Gasteiger partial charge is 0.180 e. The summed E-state index contributed by atoms with van der Waals surface area (Å²) >= 11 is 0. The first-order valence-corrected chi connectivity index (χ1v) is 14.2. The minimum atomic E-state index is 0.673. The number of aromatic nitrogens is 3. The molecule has 0 amide bonds. The van der Waals surface area contributed by atoms with Crippen molar-refractivity contribution in [3.8, 4) is 16.8 Å². The molecule has 3 N–H and O–H groups in total. The quantitative estimate of drug-likeness (QED) is 0.213. The summed E-state index contributed by atoms with van der Waals surface area (Å²) in [5.41, 5.74) is 19.3. The van der Waals surface area contributed by atoms with Crippen molar-refractivity contribution in [1.82, 2.24) is 20.0 Å². The molecule has 7 nitrogen and oxygen atoms in total. The molecule has 1 aliphatic heterocycles. The van der Waals surface area contributed by atoms with E-state index in [1.54, 1.807) is 0 Å². The van der Waals surface area contributed by atoms with E-state index in [2.05, 4.69) is 63.5 Å². The number of rotatable bonds is 5. The van der Waals surface area contributed by atoms with E-state index in [4.69, 9.17) is 15.7 Å². The Bertz CT molecular complexity index is 2120. The van der Waals surface area contributed by atoms with E-state index in [-0.39, 0.29) is 0 Å². The van der Waals surface area contributed by atoms with Gasteiger partial charge in [0.1, 0.15) is 5.65 Å². The van der Waals surface area contributed by atoms with Crippen LogP contribution in [0.2, 0.25) is 0 Å². The molecule has 0 unspecified atom stereocenters. The molecule has 0 spiro atoms. The van der Waals surface area contributed by atoms with Crippen LogP contribution in [0.3, 0.4) is 0 Å². The third kappa shape index (κ3) is 4.06. The van der Waals surface area contributed by atoms with Crippen LogP contribution in [0.1, 0.15) is 5.56 Å². The largest absolute Gasteiger partial charge is 0.398 e. The van der Waals surface area contributed by atoms with Crippen LogP contribution in [0.15, 0.2) is 146 Å². The van der Waals surface area contributed by atoms with Crippen molar-refractivity contribution in [3.05, 3.63) is 151 Å². The lowest BCUT2D eigenvalue weighted by Crippen LogP contribution is -2.44. The number of benzene rings is 4. The molecule has 0 fully saturated rings. The fourth-order valence-corrected chi connectivity index (χ4v) is 5.82. The van der Waals surface area contributed by atoms with Crippen LogP contribution in [0.25, 0.3) is 44.6 Å². The van der Waals surface area contributed by atoms with E-state index >= 15 is 0 Å². The van der Waals surface area contributed by atoms with E-state index in [1.165, 1.54) is 0 Å². The molecular formula is C36H27N7. The fourth-order valence-electron chi connectivity index (χ4n) is 5.82. The number of hydrogen-bond donors (Lipinski definition) is 2. The van der Waals surface area contributed by atoms with Gasteiger partial charge in [0.2, 0.25) is 0 Å². The van der Waals surface area contributed by atoms with E-state index in [0.29, 0.717) is 11.5 Å². The molecular weight excluding hydrogens is 530 g/mol. The number of fused-ring (bicyclic) bond motifs is 3. The Kier molecular flexibility index (Phi) is 5.79. The summed E-state index contributed by atoms with van der Waals surface area (Å²) < 4.78 is 2.17. The first-order chi connectivity index (χ1) is 21.3. The third-order valence-electron chi connectivity index (χ3n) is 7.76. The average molecular weight is 558 g/mol. The fraction of sp³-hybridized carbons (Fsp3) is 0. The van der Waals surface area contributed by atoms with E-state index < -0.39 is 0 Å². The van der Waals surface area contributed by atoms with Gasteiger partial charge in [0.15, 0.2) is 5.82 Å². The summed E-state index contributed by atoms with van der Waals surface area (Å²) in [5, 5.41) is 5.10. The molecule has 4 aromatic carbocycles. The van der Waals surface area contributed by atoms with E-state index in [1.807, 2.05) is 102 Å². The number of hydrazine groups is 2. The monoisotopic (exact) mass is 557 g/mol. The molecule has 0 bridgehead atoms. The minimum absolute atomic E-state index is 0.673. The van der Waals surface area contributed by atoms with Crippen molar-refractivity contribution in [2.45, 2.75) is 0 Å². The van der Waals surface area contributed by atoms with Gasteiger partial charge in [0.05, 0.1) is 22.4 Å². The van der Waals surface area contributed by atoms with Crippen molar-refractivity contribution in [2.24, 2.45) is 0 Å². The Morgan fingerprint density at radius 2 is 1.33 bits per heavy atom. The van der Waals surface area contributed by atoms with Crippen molar-refractivity contribution in [2.75, 3.05) is 15.9 Å². The number of nitrogens with two attached hydrogens (primary N) is 1. The number of nitrogen functional groups attached to an aromatic ring is 1. The third-order valence-corrected chi connectivity index (χ3v) is 7.76. The molecule has 0 atom stereocenters. The number of nitrogens with one attached hydrogen (secondary N) is 1. The van der Waals surface area contributed by atoms with Crippen LogP contribution < -0.4 is 21.3 Å². The summed E-state index contributed by atoms with van der Waals surface area (Å²) in [6.45, 7) is 0. The SMILES string of the molecule is Nc1ccccc1-c1cc2c3ncccc3n(-c3ccccc3)c2nc1N1NC=C(c2ccccc2)N1c1ccccc1. The molecule has 4 heterocycles. The summed E-state index contributed by atoms with van der Waals surface area (Å²) in [6.07, 6.45) is 3.84. The minimum Gasteiger partial charge on any atom is -0.398 e. The van der Waals surface area contributed by atoms with E-state index in [0.717, 1.165) is 55.8 Å². The molecule has 206 valence electrons. The normalized spacial score (nSPS) is 13.0. The zero-order chi connectivity index (χ0) is 28.8. The molecule has 8 rings (SSSR count). The van der Waals surface area contributed by atoms with Crippen LogP contribution >= 0.6 is 0 Å². The van der Waals surface area contributed by atoms with Crippen molar-refractivity contribution >= 4 is 45.0 Å². The molecule has 0 radical (unpaired) electrons. The molecule has 0 saturated carbocycles. The van der Waals surface area contributed by atoms with Gasteiger partial charge in [-0.1, -0.05) is 84.9 Å². The van der Waals surface area contributed by atoms with Crippen LogP contribution in [-0.4, -0.2) is 14.5 Å². The highest BCUT2D eigenvalue weighted by Gasteiger charge is 2.31. The maximum absolute atomic E-state index is 6.62. The molecule has 0 aliphatic carbocycles. The number of anilines is 3. The highest BCUT2D eigenvalue weighted by atomic mass is 15.8. The average Bonchev–Trinajstić information content (AvgIpc) is 3.65. The van der Waals surface area contributed by atoms with Gasteiger partial charge in [-0.05, 0) is 48.5 Å². The zero-order valence-corrected chi connectivity index (χ0v) is 23.2. The lowest BCUT2D eigenvalue weighted by atomic mass is 10.0. The molecule has 7 heteroatoms.